The third-order valence-corrected chi connectivity index (χ3v) is 6.04. The SMILES string of the molecule is Cn1ncc(CN2CCN(CCn3nc4c(cc3=O)CSCC4)CC2)n1. The Bertz CT molecular complexity index is 810. The van der Waals surface area contributed by atoms with Crippen molar-refractivity contribution < 1.29 is 0 Å². The molecule has 0 amide bonds. The summed E-state index contributed by atoms with van der Waals surface area (Å²) in [7, 11) is 1.84. The van der Waals surface area contributed by atoms with Gasteiger partial charge in [0.2, 0.25) is 0 Å². The third kappa shape index (κ3) is 4.16. The predicted molar refractivity (Wildman–Crippen MR) is 101 cm³/mol. The van der Waals surface area contributed by atoms with Crippen LogP contribution in [0.2, 0.25) is 0 Å². The maximum atomic E-state index is 12.3. The minimum Gasteiger partial charge on any atom is -0.299 e. The molecule has 9 heteroatoms. The normalized spacial score (nSPS) is 18.8. The van der Waals surface area contributed by atoms with E-state index in [9.17, 15) is 4.79 Å². The monoisotopic (exact) mass is 375 g/mol. The molecule has 2 aromatic rings. The summed E-state index contributed by atoms with van der Waals surface area (Å²) in [6, 6.07) is 1.79. The molecule has 8 nitrogen and oxygen atoms in total. The quantitative estimate of drug-likeness (QED) is 0.727. The summed E-state index contributed by atoms with van der Waals surface area (Å²) < 4.78 is 1.65. The zero-order valence-electron chi connectivity index (χ0n) is 15.2. The summed E-state index contributed by atoms with van der Waals surface area (Å²) >= 11 is 1.88. The summed E-state index contributed by atoms with van der Waals surface area (Å²) in [5.74, 6) is 2.03. The molecular weight excluding hydrogens is 350 g/mol. The highest BCUT2D eigenvalue weighted by molar-refractivity contribution is 7.98. The van der Waals surface area contributed by atoms with Crippen LogP contribution in [0.5, 0.6) is 0 Å². The summed E-state index contributed by atoms with van der Waals surface area (Å²) in [5, 5.41) is 13.1. The number of aryl methyl sites for hydroxylation is 2. The molecule has 0 aliphatic carbocycles. The Morgan fingerprint density at radius 3 is 2.69 bits per heavy atom. The molecule has 0 N–H and O–H groups in total. The van der Waals surface area contributed by atoms with Crippen LogP contribution in [-0.4, -0.2) is 73.1 Å². The van der Waals surface area contributed by atoms with Gasteiger partial charge in [0, 0.05) is 64.6 Å². The lowest BCUT2D eigenvalue weighted by Crippen LogP contribution is -2.47. The number of hydrogen-bond acceptors (Lipinski definition) is 7. The first-order valence-electron chi connectivity index (χ1n) is 9.15. The standard InChI is InChI=1S/C17H25N7OS/c1-21-18-11-15(19-21)12-23-5-3-22(4-6-23)7-8-24-17(25)10-14-13-26-9-2-16(14)20-24/h10-11H,2-9,12-13H2,1H3. The highest BCUT2D eigenvalue weighted by atomic mass is 32.2. The molecule has 0 atom stereocenters. The lowest BCUT2D eigenvalue weighted by molar-refractivity contribution is 0.121. The Morgan fingerprint density at radius 2 is 1.92 bits per heavy atom. The van der Waals surface area contributed by atoms with Crippen molar-refractivity contribution in [2.24, 2.45) is 7.05 Å². The average Bonchev–Trinajstić information content (AvgIpc) is 3.06. The lowest BCUT2D eigenvalue weighted by atomic mass is 10.2. The molecular formula is C17H25N7OS. The Hall–Kier alpha value is -1.71. The lowest BCUT2D eigenvalue weighted by Gasteiger charge is -2.34. The minimum absolute atomic E-state index is 0.0348. The van der Waals surface area contributed by atoms with Gasteiger partial charge < -0.3 is 0 Å². The third-order valence-electron chi connectivity index (χ3n) is 5.03. The zero-order chi connectivity index (χ0) is 17.9. The molecule has 140 valence electrons. The Morgan fingerprint density at radius 1 is 1.12 bits per heavy atom. The first-order valence-corrected chi connectivity index (χ1v) is 10.3. The van der Waals surface area contributed by atoms with Crippen LogP contribution >= 0.6 is 11.8 Å². The maximum absolute atomic E-state index is 12.3. The zero-order valence-corrected chi connectivity index (χ0v) is 16.0. The van der Waals surface area contributed by atoms with E-state index >= 15 is 0 Å². The van der Waals surface area contributed by atoms with Crippen molar-refractivity contribution in [3.63, 3.8) is 0 Å². The van der Waals surface area contributed by atoms with Crippen LogP contribution in [0, 0.1) is 0 Å². The summed E-state index contributed by atoms with van der Waals surface area (Å²) in [5.41, 5.74) is 3.29. The number of hydrogen-bond donors (Lipinski definition) is 0. The van der Waals surface area contributed by atoms with Crippen LogP contribution in [0.15, 0.2) is 17.1 Å². The number of rotatable bonds is 5. The van der Waals surface area contributed by atoms with Crippen LogP contribution < -0.4 is 5.56 Å². The van der Waals surface area contributed by atoms with Crippen LogP contribution in [0.25, 0.3) is 0 Å². The highest BCUT2D eigenvalue weighted by Crippen LogP contribution is 2.21. The van der Waals surface area contributed by atoms with Gasteiger partial charge in [0.25, 0.3) is 5.56 Å². The molecule has 26 heavy (non-hydrogen) atoms. The number of thioether (sulfide) groups is 1. The van der Waals surface area contributed by atoms with Crippen molar-refractivity contribution in [2.75, 3.05) is 38.5 Å². The smallest absolute Gasteiger partial charge is 0.267 e. The van der Waals surface area contributed by atoms with Crippen LogP contribution in [-0.2, 0) is 32.3 Å². The summed E-state index contributed by atoms with van der Waals surface area (Å²) in [6.07, 6.45) is 2.81. The largest absolute Gasteiger partial charge is 0.299 e. The topological polar surface area (TPSA) is 72.1 Å². The van der Waals surface area contributed by atoms with Gasteiger partial charge in [0.1, 0.15) is 0 Å². The summed E-state index contributed by atoms with van der Waals surface area (Å²) in [6.45, 7) is 6.45. The van der Waals surface area contributed by atoms with Gasteiger partial charge in [-0.15, -0.1) is 0 Å². The Balaban J connectivity index is 1.28. The van der Waals surface area contributed by atoms with Crippen molar-refractivity contribution in [3.05, 3.63) is 39.6 Å². The molecule has 2 aliphatic rings. The van der Waals surface area contributed by atoms with Gasteiger partial charge in [-0.2, -0.15) is 31.9 Å². The molecule has 4 heterocycles. The average molecular weight is 376 g/mol. The van der Waals surface area contributed by atoms with Crippen molar-refractivity contribution >= 4 is 11.8 Å². The van der Waals surface area contributed by atoms with Gasteiger partial charge in [-0.1, -0.05) is 0 Å². The van der Waals surface area contributed by atoms with Gasteiger partial charge >= 0.3 is 0 Å². The Labute approximate surface area is 157 Å². The molecule has 1 saturated heterocycles. The second-order valence-electron chi connectivity index (χ2n) is 6.92. The molecule has 4 rings (SSSR count). The Kier molecular flexibility index (Phi) is 5.37. The molecule has 1 fully saturated rings. The van der Waals surface area contributed by atoms with Crippen molar-refractivity contribution in [3.8, 4) is 0 Å². The number of piperazine rings is 1. The fourth-order valence-electron chi connectivity index (χ4n) is 3.51. The number of fused-ring (bicyclic) bond motifs is 1. The molecule has 0 saturated carbocycles. The van der Waals surface area contributed by atoms with Gasteiger partial charge in [-0.05, 0) is 11.3 Å². The molecule has 0 spiro atoms. The molecule has 0 radical (unpaired) electrons. The molecule has 2 aliphatic heterocycles. The molecule has 2 aromatic heterocycles. The van der Waals surface area contributed by atoms with E-state index in [2.05, 4.69) is 25.1 Å². The minimum atomic E-state index is 0.0348. The van der Waals surface area contributed by atoms with Crippen molar-refractivity contribution in [2.45, 2.75) is 25.3 Å². The predicted octanol–water partition coefficient (Wildman–Crippen LogP) is -0.0211. The van der Waals surface area contributed by atoms with E-state index < -0.39 is 0 Å². The first-order chi connectivity index (χ1) is 12.7. The van der Waals surface area contributed by atoms with Crippen molar-refractivity contribution in [1.29, 1.82) is 0 Å². The second kappa shape index (κ2) is 7.89. The van der Waals surface area contributed by atoms with E-state index in [0.29, 0.717) is 6.54 Å². The first kappa shape index (κ1) is 17.7. The van der Waals surface area contributed by atoms with Gasteiger partial charge in [-0.25, -0.2) is 4.68 Å². The van der Waals surface area contributed by atoms with E-state index in [1.54, 1.807) is 15.5 Å². The van der Waals surface area contributed by atoms with Crippen LogP contribution in [0.1, 0.15) is 17.0 Å². The molecule has 0 aromatic carbocycles. The van der Waals surface area contributed by atoms with Crippen LogP contribution in [0.3, 0.4) is 0 Å². The number of aromatic nitrogens is 5. The maximum Gasteiger partial charge on any atom is 0.267 e. The van der Waals surface area contributed by atoms with Gasteiger partial charge in [0.05, 0.1) is 24.1 Å². The molecule has 0 unspecified atom stereocenters. The fourth-order valence-corrected chi connectivity index (χ4v) is 4.46. The van der Waals surface area contributed by atoms with Gasteiger partial charge in [-0.3, -0.25) is 14.6 Å². The van der Waals surface area contributed by atoms with Crippen molar-refractivity contribution in [1.82, 2.24) is 34.6 Å². The van der Waals surface area contributed by atoms with Gasteiger partial charge in [0.15, 0.2) is 0 Å². The molecule has 0 bridgehead atoms. The van der Waals surface area contributed by atoms with E-state index in [4.69, 9.17) is 0 Å². The van der Waals surface area contributed by atoms with E-state index in [1.807, 2.05) is 25.0 Å². The fraction of sp³-hybridized carbons (Fsp3) is 0.647. The van der Waals surface area contributed by atoms with E-state index in [0.717, 1.165) is 74.1 Å². The number of nitrogens with zero attached hydrogens (tertiary/aromatic N) is 7. The highest BCUT2D eigenvalue weighted by Gasteiger charge is 2.19. The van der Waals surface area contributed by atoms with E-state index in [-0.39, 0.29) is 5.56 Å². The van der Waals surface area contributed by atoms with Crippen LogP contribution in [0.4, 0.5) is 0 Å². The summed E-state index contributed by atoms with van der Waals surface area (Å²) in [4.78, 5) is 18.7. The second-order valence-corrected chi connectivity index (χ2v) is 8.03. The van der Waals surface area contributed by atoms with E-state index in [1.165, 1.54) is 0 Å².